The summed E-state index contributed by atoms with van der Waals surface area (Å²) in [4.78, 5) is 24.6. The fourth-order valence-corrected chi connectivity index (χ4v) is 9.61. The molecule has 0 radical (unpaired) electrons. The van der Waals surface area contributed by atoms with Crippen LogP contribution in [0.15, 0.2) is 36.5 Å². The molecule has 0 saturated carbocycles. The lowest BCUT2D eigenvalue weighted by Gasteiger charge is -2.22. The van der Waals surface area contributed by atoms with E-state index in [4.69, 9.17) is 4.74 Å². The van der Waals surface area contributed by atoms with E-state index < -0.39 is 12.1 Å². The van der Waals surface area contributed by atoms with Gasteiger partial charge < -0.3 is 20.3 Å². The van der Waals surface area contributed by atoms with E-state index in [9.17, 15) is 19.8 Å². The van der Waals surface area contributed by atoms with Crippen LogP contribution >= 0.6 is 0 Å². The summed E-state index contributed by atoms with van der Waals surface area (Å²) in [5.41, 5.74) is 0. The molecule has 6 nitrogen and oxygen atoms in total. The quantitative estimate of drug-likeness (QED) is 0.0321. The van der Waals surface area contributed by atoms with Gasteiger partial charge in [0.25, 0.3) is 0 Å². The van der Waals surface area contributed by atoms with Crippen molar-refractivity contribution >= 4 is 11.9 Å². The third-order valence-corrected chi connectivity index (χ3v) is 14.4. The van der Waals surface area contributed by atoms with Crippen molar-refractivity contribution in [2.45, 2.75) is 347 Å². The number of esters is 1. The van der Waals surface area contributed by atoms with Gasteiger partial charge in [-0.3, -0.25) is 9.59 Å². The lowest BCUT2D eigenvalue weighted by atomic mass is 10.0. The smallest absolute Gasteiger partial charge is 0.305 e. The van der Waals surface area contributed by atoms with Crippen LogP contribution in [-0.2, 0) is 14.3 Å². The molecule has 0 rings (SSSR count). The minimum atomic E-state index is -0.684. The number of nitrogens with one attached hydrogen (secondary N) is 1. The summed E-state index contributed by atoms with van der Waals surface area (Å²) in [5.74, 6) is -0.0881. The van der Waals surface area contributed by atoms with E-state index in [1.54, 1.807) is 0 Å². The van der Waals surface area contributed by atoms with E-state index >= 15 is 0 Å². The topological polar surface area (TPSA) is 95.9 Å². The van der Waals surface area contributed by atoms with Crippen LogP contribution in [0.5, 0.6) is 0 Å². The van der Waals surface area contributed by atoms with Crippen molar-refractivity contribution < 1.29 is 24.5 Å². The molecule has 0 saturated heterocycles. The molecular weight excluding hydrogens is 863 g/mol. The summed E-state index contributed by atoms with van der Waals surface area (Å²) in [6.45, 7) is 4.91. The van der Waals surface area contributed by atoms with Gasteiger partial charge in [0.15, 0.2) is 0 Å². The highest BCUT2D eigenvalue weighted by atomic mass is 16.5. The lowest BCUT2D eigenvalue weighted by Crippen LogP contribution is -2.45. The molecule has 0 fully saturated rings. The minimum Gasteiger partial charge on any atom is -0.466 e. The molecule has 0 heterocycles. The molecule has 0 bridgehead atoms. The molecule has 0 aliphatic carbocycles. The number of ether oxygens (including phenoxy) is 1. The van der Waals surface area contributed by atoms with Crippen molar-refractivity contribution in [2.75, 3.05) is 13.2 Å². The summed E-state index contributed by atoms with van der Waals surface area (Å²) in [6, 6.07) is -0.564. The fraction of sp³-hybridized carbons (Fsp3) is 0.875. The zero-order chi connectivity index (χ0) is 50.7. The van der Waals surface area contributed by atoms with E-state index in [0.717, 1.165) is 83.5 Å². The molecular formula is C64H121NO5. The highest BCUT2D eigenvalue weighted by Gasteiger charge is 2.20. The Hall–Kier alpha value is -1.92. The van der Waals surface area contributed by atoms with Crippen LogP contribution in [0.1, 0.15) is 335 Å². The first-order valence-electron chi connectivity index (χ1n) is 31.2. The molecule has 0 aromatic rings. The van der Waals surface area contributed by atoms with Gasteiger partial charge in [0.1, 0.15) is 0 Å². The third-order valence-electron chi connectivity index (χ3n) is 14.4. The van der Waals surface area contributed by atoms with Crippen molar-refractivity contribution in [3.63, 3.8) is 0 Å². The van der Waals surface area contributed by atoms with E-state index in [-0.39, 0.29) is 18.5 Å². The van der Waals surface area contributed by atoms with Crippen LogP contribution in [0.4, 0.5) is 0 Å². The number of aliphatic hydroxyl groups is 2. The third kappa shape index (κ3) is 55.4. The second kappa shape index (κ2) is 59.6. The highest BCUT2D eigenvalue weighted by Crippen LogP contribution is 2.18. The van der Waals surface area contributed by atoms with Crippen molar-refractivity contribution in [2.24, 2.45) is 0 Å². The zero-order valence-electron chi connectivity index (χ0n) is 47.0. The van der Waals surface area contributed by atoms with Crippen LogP contribution in [-0.4, -0.2) is 47.4 Å². The molecule has 0 aliphatic heterocycles. The maximum Gasteiger partial charge on any atom is 0.305 e. The van der Waals surface area contributed by atoms with Gasteiger partial charge in [-0.2, -0.15) is 0 Å². The number of hydrogen-bond acceptors (Lipinski definition) is 5. The second-order valence-corrected chi connectivity index (χ2v) is 21.4. The Morgan fingerprint density at radius 3 is 1.13 bits per heavy atom. The number of amides is 1. The van der Waals surface area contributed by atoms with Crippen LogP contribution < -0.4 is 5.32 Å². The molecule has 0 aromatic heterocycles. The van der Waals surface area contributed by atoms with Gasteiger partial charge in [-0.05, 0) is 83.5 Å². The summed E-state index contributed by atoms with van der Waals surface area (Å²) in [5, 5.41) is 23.4. The zero-order valence-corrected chi connectivity index (χ0v) is 47.0. The predicted molar refractivity (Wildman–Crippen MR) is 306 cm³/mol. The summed E-state index contributed by atoms with van der Waals surface area (Å²) in [7, 11) is 0. The van der Waals surface area contributed by atoms with Gasteiger partial charge in [0.2, 0.25) is 5.91 Å². The van der Waals surface area contributed by atoms with Crippen molar-refractivity contribution in [3.8, 4) is 0 Å². The Morgan fingerprint density at radius 2 is 0.714 bits per heavy atom. The lowest BCUT2D eigenvalue weighted by molar-refractivity contribution is -0.143. The Balaban J connectivity index is 3.49. The van der Waals surface area contributed by atoms with Crippen molar-refractivity contribution in [1.29, 1.82) is 0 Å². The average molecular weight is 985 g/mol. The Morgan fingerprint density at radius 1 is 0.400 bits per heavy atom. The minimum absolute atomic E-state index is 0.0254. The molecule has 2 unspecified atom stereocenters. The van der Waals surface area contributed by atoms with Crippen LogP contribution in [0, 0.1) is 0 Å². The summed E-state index contributed by atoms with van der Waals surface area (Å²) >= 11 is 0. The summed E-state index contributed by atoms with van der Waals surface area (Å²) in [6.07, 6.45) is 74.3. The predicted octanol–water partition coefficient (Wildman–Crippen LogP) is 19.6. The van der Waals surface area contributed by atoms with Gasteiger partial charge in [0.05, 0.1) is 25.4 Å². The van der Waals surface area contributed by atoms with Crippen LogP contribution in [0.25, 0.3) is 0 Å². The number of unbranched alkanes of at least 4 members (excludes halogenated alkanes) is 41. The summed E-state index contributed by atoms with van der Waals surface area (Å²) < 4.78 is 5.46. The van der Waals surface area contributed by atoms with Crippen molar-refractivity contribution in [1.82, 2.24) is 5.32 Å². The van der Waals surface area contributed by atoms with Gasteiger partial charge in [-0.1, -0.05) is 275 Å². The van der Waals surface area contributed by atoms with E-state index in [1.807, 2.05) is 0 Å². The van der Waals surface area contributed by atoms with Gasteiger partial charge in [-0.15, -0.1) is 0 Å². The number of rotatable bonds is 58. The second-order valence-electron chi connectivity index (χ2n) is 21.4. The van der Waals surface area contributed by atoms with Crippen molar-refractivity contribution in [3.05, 3.63) is 36.5 Å². The number of allylic oxidation sites excluding steroid dienone is 6. The first-order valence-corrected chi connectivity index (χ1v) is 31.2. The standard InChI is InChI=1S/C64H121NO5/c1-3-5-7-9-11-13-15-17-19-21-22-23-24-25-26-27-28-29-32-36-40-44-48-52-56-62(67)61(60-66)65-63(68)57-53-49-45-41-37-33-31-35-39-43-47-51-55-59-70-64(69)58-54-50-46-42-38-34-30-20-18-16-14-12-10-8-6-4-2/h14,16,20,30,33,37,61-62,66-67H,3-13,15,17-19,21-29,31-32,34-36,38-60H2,1-2H3,(H,65,68)/b16-14-,30-20-,37-33-. The fourth-order valence-electron chi connectivity index (χ4n) is 9.61. The van der Waals surface area contributed by atoms with E-state index in [0.29, 0.717) is 25.9 Å². The largest absolute Gasteiger partial charge is 0.466 e. The van der Waals surface area contributed by atoms with Gasteiger partial charge in [-0.25, -0.2) is 0 Å². The molecule has 412 valence electrons. The average Bonchev–Trinajstić information content (AvgIpc) is 3.36. The molecule has 2 atom stereocenters. The Labute approximate surface area is 436 Å². The van der Waals surface area contributed by atoms with Gasteiger partial charge in [0, 0.05) is 12.8 Å². The number of carbonyl (C=O) groups excluding carboxylic acids is 2. The molecule has 3 N–H and O–H groups in total. The monoisotopic (exact) mass is 984 g/mol. The van der Waals surface area contributed by atoms with Crippen LogP contribution in [0.2, 0.25) is 0 Å². The van der Waals surface area contributed by atoms with E-state index in [2.05, 4.69) is 55.6 Å². The normalized spacial score (nSPS) is 12.8. The first-order chi connectivity index (χ1) is 34.5. The molecule has 70 heavy (non-hydrogen) atoms. The maximum absolute atomic E-state index is 12.5. The Bertz CT molecular complexity index is 1130. The number of hydrogen-bond donors (Lipinski definition) is 3. The molecule has 1 amide bonds. The Kier molecular flexibility index (Phi) is 58.0. The number of carbonyl (C=O) groups is 2. The molecule has 0 aliphatic rings. The van der Waals surface area contributed by atoms with E-state index in [1.165, 1.54) is 218 Å². The maximum atomic E-state index is 12.5. The molecule has 0 aromatic carbocycles. The number of aliphatic hydroxyl groups excluding tert-OH is 2. The molecule has 0 spiro atoms. The first kappa shape index (κ1) is 68.1. The SMILES string of the molecule is CCCCCC/C=C\C/C=C\CCCCCCCC(=O)OCCCCCCCC/C=C\CCCCCC(=O)NC(CO)C(O)CCCCCCCCCCCCCCCCCCCCCCCCCC. The van der Waals surface area contributed by atoms with Gasteiger partial charge >= 0.3 is 5.97 Å². The van der Waals surface area contributed by atoms with Crippen LogP contribution in [0.3, 0.4) is 0 Å². The highest BCUT2D eigenvalue weighted by molar-refractivity contribution is 5.76. The molecule has 6 heteroatoms.